The fraction of sp³-hybridized carbons (Fsp3) is 0.500. The molecule has 1 atom stereocenters. The van der Waals surface area contributed by atoms with Gasteiger partial charge in [-0.2, -0.15) is 0 Å². The Morgan fingerprint density at radius 1 is 1.13 bits per heavy atom. The van der Waals surface area contributed by atoms with Gasteiger partial charge in [0.15, 0.2) is 5.96 Å². The van der Waals surface area contributed by atoms with Gasteiger partial charge in [-0.15, -0.1) is 0 Å². The molecule has 3 rings (SSSR count). The number of hydrogen-bond acceptors (Lipinski definition) is 5. The highest BCUT2D eigenvalue weighted by atomic mass is 16.5. The third-order valence-electron chi connectivity index (χ3n) is 5.48. The van der Waals surface area contributed by atoms with E-state index in [9.17, 15) is 0 Å². The summed E-state index contributed by atoms with van der Waals surface area (Å²) in [5.41, 5.74) is 2.21. The molecule has 7 heteroatoms. The molecular formula is C24H35N5O2. The van der Waals surface area contributed by atoms with E-state index in [0.29, 0.717) is 31.0 Å². The number of guanidine groups is 1. The van der Waals surface area contributed by atoms with Crippen LogP contribution in [-0.2, 0) is 17.9 Å². The van der Waals surface area contributed by atoms with Gasteiger partial charge in [0.05, 0.1) is 13.2 Å². The van der Waals surface area contributed by atoms with E-state index in [1.807, 2.05) is 42.5 Å². The van der Waals surface area contributed by atoms with Crippen LogP contribution < -0.4 is 15.4 Å². The number of hydrogen-bond donors (Lipinski definition) is 2. The summed E-state index contributed by atoms with van der Waals surface area (Å²) in [6.45, 7) is 10.1. The van der Waals surface area contributed by atoms with Gasteiger partial charge in [-0.25, -0.2) is 4.98 Å². The number of morpholine rings is 1. The maximum Gasteiger partial charge on any atom is 0.213 e. The van der Waals surface area contributed by atoms with Crippen LogP contribution in [0.25, 0.3) is 0 Å². The number of aliphatic imine (C=N–C) groups is 1. The number of ether oxygens (including phenoxy) is 2. The van der Waals surface area contributed by atoms with E-state index in [0.717, 1.165) is 49.9 Å². The van der Waals surface area contributed by atoms with E-state index in [1.165, 1.54) is 0 Å². The highest BCUT2D eigenvalue weighted by molar-refractivity contribution is 5.79. The van der Waals surface area contributed by atoms with Crippen molar-refractivity contribution in [3.63, 3.8) is 0 Å². The Balaban J connectivity index is 1.48. The van der Waals surface area contributed by atoms with Crippen LogP contribution in [0.2, 0.25) is 0 Å². The van der Waals surface area contributed by atoms with E-state index >= 15 is 0 Å². The first-order valence-corrected chi connectivity index (χ1v) is 11.0. The summed E-state index contributed by atoms with van der Waals surface area (Å²) in [4.78, 5) is 11.2. The van der Waals surface area contributed by atoms with E-state index in [1.54, 1.807) is 13.2 Å². The van der Waals surface area contributed by atoms with Crippen LogP contribution in [0.5, 0.6) is 5.88 Å². The Morgan fingerprint density at radius 2 is 1.90 bits per heavy atom. The van der Waals surface area contributed by atoms with Crippen LogP contribution >= 0.6 is 0 Å². The van der Waals surface area contributed by atoms with Gasteiger partial charge in [0.25, 0.3) is 0 Å². The standard InChI is InChI=1S/C24H35N5O2/c1-19(2)22(29-11-13-30-14-12-29)17-28-24(25-3)27-16-21-9-10-26-23(15-21)31-18-20-7-5-4-6-8-20/h4-10,15,19,22H,11-14,16-18H2,1-3H3,(H2,25,27,28). The summed E-state index contributed by atoms with van der Waals surface area (Å²) < 4.78 is 11.3. The first-order valence-electron chi connectivity index (χ1n) is 11.0. The van der Waals surface area contributed by atoms with Crippen LogP contribution in [0, 0.1) is 5.92 Å². The minimum Gasteiger partial charge on any atom is -0.473 e. The molecule has 2 aromatic rings. The van der Waals surface area contributed by atoms with Gasteiger partial charge in [-0.1, -0.05) is 44.2 Å². The van der Waals surface area contributed by atoms with Gasteiger partial charge in [0, 0.05) is 51.5 Å². The summed E-state index contributed by atoms with van der Waals surface area (Å²) in [6, 6.07) is 14.5. The molecule has 0 saturated carbocycles. The predicted molar refractivity (Wildman–Crippen MR) is 124 cm³/mol. The molecule has 0 radical (unpaired) electrons. The number of rotatable bonds is 9. The normalized spacial score (nSPS) is 16.2. The fourth-order valence-electron chi connectivity index (χ4n) is 3.67. The van der Waals surface area contributed by atoms with Crippen LogP contribution in [0.15, 0.2) is 53.7 Å². The number of nitrogens with one attached hydrogen (secondary N) is 2. The summed E-state index contributed by atoms with van der Waals surface area (Å²) in [5.74, 6) is 1.97. The lowest BCUT2D eigenvalue weighted by atomic mass is 10.0. The van der Waals surface area contributed by atoms with E-state index < -0.39 is 0 Å². The monoisotopic (exact) mass is 425 g/mol. The van der Waals surface area contributed by atoms with Crippen LogP contribution in [-0.4, -0.2) is 61.8 Å². The minimum absolute atomic E-state index is 0.446. The molecule has 168 valence electrons. The van der Waals surface area contributed by atoms with Gasteiger partial charge in [-0.3, -0.25) is 9.89 Å². The molecule has 1 aliphatic heterocycles. The zero-order valence-corrected chi connectivity index (χ0v) is 18.9. The van der Waals surface area contributed by atoms with Gasteiger partial charge in [0.1, 0.15) is 6.61 Å². The second kappa shape index (κ2) is 12.3. The molecule has 0 bridgehead atoms. The molecule has 1 fully saturated rings. The third-order valence-corrected chi connectivity index (χ3v) is 5.48. The van der Waals surface area contributed by atoms with E-state index in [2.05, 4.69) is 39.4 Å². The quantitative estimate of drug-likeness (QED) is 0.476. The Morgan fingerprint density at radius 3 is 2.61 bits per heavy atom. The van der Waals surface area contributed by atoms with Crippen molar-refractivity contribution in [1.29, 1.82) is 0 Å². The Bertz CT molecular complexity index is 807. The van der Waals surface area contributed by atoms with Crippen molar-refractivity contribution in [3.8, 4) is 5.88 Å². The Labute approximate surface area is 185 Å². The molecule has 0 aliphatic carbocycles. The average molecular weight is 426 g/mol. The van der Waals surface area contributed by atoms with Crippen molar-refractivity contribution in [1.82, 2.24) is 20.5 Å². The number of benzene rings is 1. The minimum atomic E-state index is 0.446. The zero-order valence-electron chi connectivity index (χ0n) is 18.9. The largest absolute Gasteiger partial charge is 0.473 e. The smallest absolute Gasteiger partial charge is 0.213 e. The van der Waals surface area contributed by atoms with Crippen molar-refractivity contribution >= 4 is 5.96 Å². The van der Waals surface area contributed by atoms with Gasteiger partial charge < -0.3 is 20.1 Å². The SMILES string of the molecule is CN=C(NCc1ccnc(OCc2ccccc2)c1)NCC(C(C)C)N1CCOCC1. The molecule has 0 amide bonds. The zero-order chi connectivity index (χ0) is 21.9. The summed E-state index contributed by atoms with van der Waals surface area (Å²) in [6.07, 6.45) is 1.78. The van der Waals surface area contributed by atoms with Gasteiger partial charge in [-0.05, 0) is 23.1 Å². The Hall–Kier alpha value is -2.64. The molecular weight excluding hydrogens is 390 g/mol. The van der Waals surface area contributed by atoms with Gasteiger partial charge in [0.2, 0.25) is 5.88 Å². The maximum atomic E-state index is 5.84. The lowest BCUT2D eigenvalue weighted by molar-refractivity contribution is 0.00752. The van der Waals surface area contributed by atoms with Crippen molar-refractivity contribution in [2.75, 3.05) is 39.9 Å². The third kappa shape index (κ3) is 7.52. The fourth-order valence-corrected chi connectivity index (χ4v) is 3.67. The molecule has 2 heterocycles. The topological polar surface area (TPSA) is 71.0 Å². The summed E-state index contributed by atoms with van der Waals surface area (Å²) in [7, 11) is 1.80. The molecule has 7 nitrogen and oxygen atoms in total. The molecule has 1 unspecified atom stereocenters. The van der Waals surface area contributed by atoms with E-state index in [4.69, 9.17) is 9.47 Å². The van der Waals surface area contributed by atoms with Gasteiger partial charge >= 0.3 is 0 Å². The van der Waals surface area contributed by atoms with Crippen LogP contribution in [0.3, 0.4) is 0 Å². The average Bonchev–Trinajstić information content (AvgIpc) is 2.81. The van der Waals surface area contributed by atoms with Crippen molar-refractivity contribution in [2.45, 2.75) is 33.0 Å². The molecule has 1 aliphatic rings. The number of aromatic nitrogens is 1. The highest BCUT2D eigenvalue weighted by Gasteiger charge is 2.23. The molecule has 1 aromatic carbocycles. The lowest BCUT2D eigenvalue weighted by Crippen LogP contribution is -2.52. The maximum absolute atomic E-state index is 5.84. The van der Waals surface area contributed by atoms with Crippen LogP contribution in [0.4, 0.5) is 0 Å². The molecule has 1 saturated heterocycles. The van der Waals surface area contributed by atoms with E-state index in [-0.39, 0.29) is 0 Å². The molecule has 2 N–H and O–H groups in total. The van der Waals surface area contributed by atoms with Crippen molar-refractivity contribution < 1.29 is 9.47 Å². The molecule has 31 heavy (non-hydrogen) atoms. The molecule has 0 spiro atoms. The first-order chi connectivity index (χ1) is 15.2. The lowest BCUT2D eigenvalue weighted by Gasteiger charge is -2.37. The second-order valence-electron chi connectivity index (χ2n) is 8.04. The van der Waals surface area contributed by atoms with Crippen molar-refractivity contribution in [3.05, 3.63) is 59.8 Å². The predicted octanol–water partition coefficient (Wildman–Crippen LogP) is 2.68. The molecule has 1 aromatic heterocycles. The second-order valence-corrected chi connectivity index (χ2v) is 8.04. The highest BCUT2D eigenvalue weighted by Crippen LogP contribution is 2.13. The van der Waals surface area contributed by atoms with Crippen molar-refractivity contribution in [2.24, 2.45) is 10.9 Å². The summed E-state index contributed by atoms with van der Waals surface area (Å²) >= 11 is 0. The van der Waals surface area contributed by atoms with Crippen LogP contribution in [0.1, 0.15) is 25.0 Å². The first kappa shape index (κ1) is 23.0. The number of pyridine rings is 1. The summed E-state index contributed by atoms with van der Waals surface area (Å²) in [5, 5.41) is 6.89. The Kier molecular flexibility index (Phi) is 9.12. The number of nitrogens with zero attached hydrogens (tertiary/aromatic N) is 3.